The third kappa shape index (κ3) is 6.44. The third-order valence-corrected chi connectivity index (χ3v) is 5.50. The van der Waals surface area contributed by atoms with E-state index >= 15 is 0 Å². The molecule has 0 radical (unpaired) electrons. The van der Waals surface area contributed by atoms with Crippen LogP contribution < -0.4 is 10.6 Å². The number of aliphatic imine (C=N–C) groups is 1. The summed E-state index contributed by atoms with van der Waals surface area (Å²) < 4.78 is 5.46. The minimum absolute atomic E-state index is 0. The molecule has 1 atom stereocenters. The molecule has 1 saturated heterocycles. The molecule has 1 aromatic heterocycles. The Morgan fingerprint density at radius 1 is 1.21 bits per heavy atom. The first-order valence-electron chi connectivity index (χ1n) is 10.4. The number of nitrogens with zero attached hydrogens (tertiary/aromatic N) is 3. The highest BCUT2D eigenvalue weighted by atomic mass is 127. The minimum Gasteiger partial charge on any atom is -0.361 e. The van der Waals surface area contributed by atoms with Crippen LogP contribution in [0.5, 0.6) is 0 Å². The van der Waals surface area contributed by atoms with Crippen molar-refractivity contribution in [1.29, 1.82) is 0 Å². The van der Waals surface area contributed by atoms with E-state index in [9.17, 15) is 0 Å². The molecule has 0 spiro atoms. The predicted molar refractivity (Wildman–Crippen MR) is 129 cm³/mol. The van der Waals surface area contributed by atoms with Crippen LogP contribution in [0.1, 0.15) is 49.3 Å². The third-order valence-electron chi connectivity index (χ3n) is 5.50. The maximum Gasteiger partial charge on any atom is 0.191 e. The Morgan fingerprint density at radius 2 is 2.00 bits per heavy atom. The molecule has 1 aliphatic rings. The zero-order valence-corrected chi connectivity index (χ0v) is 20.1. The molecule has 1 aliphatic heterocycles. The average Bonchev–Trinajstić information content (AvgIpc) is 3.35. The number of aryl methyl sites for hydroxylation is 2. The summed E-state index contributed by atoms with van der Waals surface area (Å²) in [5, 5.41) is 11.1. The molecule has 2 heterocycles. The van der Waals surface area contributed by atoms with E-state index < -0.39 is 0 Å². The van der Waals surface area contributed by atoms with Crippen LogP contribution in [0.3, 0.4) is 0 Å². The zero-order valence-electron chi connectivity index (χ0n) is 17.8. The Kier molecular flexibility index (Phi) is 9.93. The second kappa shape index (κ2) is 12.2. The number of nitrogens with one attached hydrogen (secondary N) is 2. The highest BCUT2D eigenvalue weighted by Crippen LogP contribution is 2.19. The first kappa shape index (κ1) is 23.7. The van der Waals surface area contributed by atoms with E-state index in [0.717, 1.165) is 49.9 Å². The first-order valence-corrected chi connectivity index (χ1v) is 10.4. The molecule has 7 heteroatoms. The molecular weight excluding hydrogens is 477 g/mol. The maximum atomic E-state index is 5.46. The topological polar surface area (TPSA) is 65.7 Å². The van der Waals surface area contributed by atoms with Gasteiger partial charge >= 0.3 is 0 Å². The fraction of sp³-hybridized carbons (Fsp3) is 0.545. The quantitative estimate of drug-likeness (QED) is 0.321. The fourth-order valence-corrected chi connectivity index (χ4v) is 3.90. The monoisotopic (exact) mass is 511 g/mol. The van der Waals surface area contributed by atoms with Gasteiger partial charge in [0.2, 0.25) is 0 Å². The van der Waals surface area contributed by atoms with Crippen molar-refractivity contribution in [2.75, 3.05) is 20.1 Å². The van der Waals surface area contributed by atoms with Gasteiger partial charge in [0.1, 0.15) is 5.76 Å². The molecule has 6 nitrogen and oxygen atoms in total. The van der Waals surface area contributed by atoms with Gasteiger partial charge in [0.25, 0.3) is 0 Å². The number of hydrogen-bond donors (Lipinski definition) is 2. The zero-order chi connectivity index (χ0) is 19.8. The smallest absolute Gasteiger partial charge is 0.191 e. The lowest BCUT2D eigenvalue weighted by Gasteiger charge is -2.25. The number of likely N-dealkylation sites (tertiary alicyclic amines) is 1. The number of benzene rings is 1. The van der Waals surface area contributed by atoms with Crippen molar-refractivity contribution in [2.24, 2.45) is 4.99 Å². The average molecular weight is 511 g/mol. The summed E-state index contributed by atoms with van der Waals surface area (Å²) >= 11 is 0. The lowest BCUT2D eigenvalue weighted by molar-refractivity contribution is 0.245. The van der Waals surface area contributed by atoms with E-state index in [0.29, 0.717) is 12.6 Å². The number of hydrogen-bond acceptors (Lipinski definition) is 4. The van der Waals surface area contributed by atoms with Gasteiger partial charge in [0, 0.05) is 44.7 Å². The van der Waals surface area contributed by atoms with Crippen LogP contribution in [0.25, 0.3) is 0 Å². The van der Waals surface area contributed by atoms with Crippen molar-refractivity contribution >= 4 is 29.9 Å². The van der Waals surface area contributed by atoms with Crippen molar-refractivity contribution in [2.45, 2.75) is 58.7 Å². The first-order chi connectivity index (χ1) is 13.7. The van der Waals surface area contributed by atoms with E-state index in [2.05, 4.69) is 69.9 Å². The standard InChI is InChI=1S/C22H33N5O.HI/c1-4-20-19(21(5-2)28-26-20)15-25-22(23-3)24-14-18-12-9-13-27(18)16-17-10-7-6-8-11-17;/h6-8,10-11,18H,4-5,9,12-16H2,1-3H3,(H2,23,24,25);1H. The normalized spacial score (nSPS) is 17.2. The number of guanidine groups is 1. The van der Waals surface area contributed by atoms with Crippen molar-refractivity contribution in [3.05, 3.63) is 52.9 Å². The Labute approximate surface area is 191 Å². The van der Waals surface area contributed by atoms with Crippen LogP contribution in [0, 0.1) is 0 Å². The molecule has 29 heavy (non-hydrogen) atoms. The van der Waals surface area contributed by atoms with Gasteiger partial charge < -0.3 is 15.2 Å². The van der Waals surface area contributed by atoms with Gasteiger partial charge in [-0.3, -0.25) is 9.89 Å². The summed E-state index contributed by atoms with van der Waals surface area (Å²) in [5.41, 5.74) is 3.58. The summed E-state index contributed by atoms with van der Waals surface area (Å²) in [6, 6.07) is 11.3. The molecule has 1 aromatic carbocycles. The van der Waals surface area contributed by atoms with Crippen molar-refractivity contribution in [3.8, 4) is 0 Å². The van der Waals surface area contributed by atoms with Crippen LogP contribution in [0.4, 0.5) is 0 Å². The molecule has 3 rings (SSSR count). The SMILES string of the molecule is CCc1noc(CC)c1CNC(=NC)NCC1CCCN1Cc1ccccc1.I. The van der Waals surface area contributed by atoms with E-state index in [1.54, 1.807) is 0 Å². The van der Waals surface area contributed by atoms with E-state index in [-0.39, 0.29) is 24.0 Å². The molecule has 160 valence electrons. The van der Waals surface area contributed by atoms with Crippen LogP contribution in [0.15, 0.2) is 39.8 Å². The van der Waals surface area contributed by atoms with Gasteiger partial charge in [0.15, 0.2) is 5.96 Å². The van der Waals surface area contributed by atoms with Gasteiger partial charge in [-0.15, -0.1) is 24.0 Å². The fourth-order valence-electron chi connectivity index (χ4n) is 3.90. The highest BCUT2D eigenvalue weighted by molar-refractivity contribution is 14.0. The van der Waals surface area contributed by atoms with Crippen molar-refractivity contribution in [1.82, 2.24) is 20.7 Å². The number of aromatic nitrogens is 1. The van der Waals surface area contributed by atoms with Gasteiger partial charge in [-0.1, -0.05) is 49.3 Å². The van der Waals surface area contributed by atoms with Crippen LogP contribution in [-0.4, -0.2) is 42.2 Å². The molecule has 2 aromatic rings. The number of halogens is 1. The molecule has 0 amide bonds. The molecule has 1 unspecified atom stereocenters. The lowest BCUT2D eigenvalue weighted by atomic mass is 10.1. The lowest BCUT2D eigenvalue weighted by Crippen LogP contribution is -2.44. The molecular formula is C22H34IN5O. The highest BCUT2D eigenvalue weighted by Gasteiger charge is 2.24. The second-order valence-electron chi connectivity index (χ2n) is 7.30. The minimum atomic E-state index is 0. The Hall–Kier alpha value is -1.61. The molecule has 0 bridgehead atoms. The number of rotatable bonds is 8. The van der Waals surface area contributed by atoms with E-state index in [4.69, 9.17) is 4.52 Å². The predicted octanol–water partition coefficient (Wildman–Crippen LogP) is 3.75. The Balaban J connectivity index is 0.00000300. The summed E-state index contributed by atoms with van der Waals surface area (Å²) in [7, 11) is 1.82. The van der Waals surface area contributed by atoms with Crippen LogP contribution in [0.2, 0.25) is 0 Å². The van der Waals surface area contributed by atoms with E-state index in [1.807, 2.05) is 7.05 Å². The van der Waals surface area contributed by atoms with Gasteiger partial charge in [0.05, 0.1) is 5.69 Å². The molecule has 0 saturated carbocycles. The van der Waals surface area contributed by atoms with Gasteiger partial charge in [-0.05, 0) is 31.4 Å². The van der Waals surface area contributed by atoms with Crippen LogP contribution in [-0.2, 0) is 25.9 Å². The summed E-state index contributed by atoms with van der Waals surface area (Å²) in [6.45, 7) is 7.96. The second-order valence-corrected chi connectivity index (χ2v) is 7.30. The largest absolute Gasteiger partial charge is 0.361 e. The Bertz CT molecular complexity index is 740. The maximum absolute atomic E-state index is 5.46. The van der Waals surface area contributed by atoms with Crippen molar-refractivity contribution in [3.63, 3.8) is 0 Å². The van der Waals surface area contributed by atoms with Crippen LogP contribution >= 0.6 is 24.0 Å². The van der Waals surface area contributed by atoms with Crippen molar-refractivity contribution < 1.29 is 4.52 Å². The van der Waals surface area contributed by atoms with Gasteiger partial charge in [-0.25, -0.2) is 0 Å². The van der Waals surface area contributed by atoms with Gasteiger partial charge in [-0.2, -0.15) is 0 Å². The van der Waals surface area contributed by atoms with E-state index in [1.165, 1.54) is 24.0 Å². The molecule has 2 N–H and O–H groups in total. The summed E-state index contributed by atoms with van der Waals surface area (Å²) in [6.07, 6.45) is 4.21. The molecule has 1 fully saturated rings. The Morgan fingerprint density at radius 3 is 2.69 bits per heavy atom. The molecule has 0 aliphatic carbocycles. The summed E-state index contributed by atoms with van der Waals surface area (Å²) in [5.74, 6) is 1.79. The summed E-state index contributed by atoms with van der Waals surface area (Å²) in [4.78, 5) is 6.96.